The van der Waals surface area contributed by atoms with Gasteiger partial charge in [-0.05, 0) is 28.9 Å². The second kappa shape index (κ2) is 5.10. The fraction of sp³-hybridized carbons (Fsp3) is 0.200. The highest BCUT2D eigenvalue weighted by molar-refractivity contribution is 9.10. The van der Waals surface area contributed by atoms with E-state index in [0.717, 1.165) is 6.07 Å². The van der Waals surface area contributed by atoms with Crippen LogP contribution < -0.4 is 5.32 Å². The minimum absolute atomic E-state index is 0.282. The molecule has 0 spiro atoms. The lowest BCUT2D eigenvalue weighted by molar-refractivity contribution is 0.584. The Hall–Kier alpha value is -0.900. The first-order chi connectivity index (χ1) is 6.65. The van der Waals surface area contributed by atoms with E-state index < -0.39 is 11.6 Å². The van der Waals surface area contributed by atoms with Crippen LogP contribution in [0.3, 0.4) is 0 Å². The predicted molar refractivity (Wildman–Crippen MR) is 57.4 cm³/mol. The SMILES string of the molecule is C/C=C/CNc1c(F)cc(F)cc1Br. The van der Waals surface area contributed by atoms with Gasteiger partial charge in [0.1, 0.15) is 11.6 Å². The van der Waals surface area contributed by atoms with Crippen molar-refractivity contribution in [2.45, 2.75) is 6.92 Å². The molecule has 76 valence electrons. The van der Waals surface area contributed by atoms with Crippen LogP contribution in [0.4, 0.5) is 14.5 Å². The van der Waals surface area contributed by atoms with Crippen molar-refractivity contribution < 1.29 is 8.78 Å². The summed E-state index contributed by atoms with van der Waals surface area (Å²) in [4.78, 5) is 0. The first-order valence-electron chi connectivity index (χ1n) is 4.14. The van der Waals surface area contributed by atoms with Crippen LogP contribution in [-0.4, -0.2) is 6.54 Å². The van der Waals surface area contributed by atoms with Gasteiger partial charge in [0.15, 0.2) is 0 Å². The van der Waals surface area contributed by atoms with Gasteiger partial charge in [-0.3, -0.25) is 0 Å². The largest absolute Gasteiger partial charge is 0.378 e. The van der Waals surface area contributed by atoms with Crippen molar-refractivity contribution in [2.75, 3.05) is 11.9 Å². The Labute approximate surface area is 90.0 Å². The molecular weight excluding hydrogens is 252 g/mol. The van der Waals surface area contributed by atoms with Gasteiger partial charge in [0.05, 0.1) is 5.69 Å². The van der Waals surface area contributed by atoms with E-state index in [2.05, 4.69) is 21.2 Å². The van der Waals surface area contributed by atoms with E-state index in [0.29, 0.717) is 11.0 Å². The Morgan fingerprint density at radius 2 is 2.14 bits per heavy atom. The third-order valence-electron chi connectivity index (χ3n) is 1.64. The van der Waals surface area contributed by atoms with Crippen molar-refractivity contribution in [3.8, 4) is 0 Å². The Morgan fingerprint density at radius 3 is 2.71 bits per heavy atom. The van der Waals surface area contributed by atoms with Crippen molar-refractivity contribution in [1.29, 1.82) is 0 Å². The van der Waals surface area contributed by atoms with Gasteiger partial charge < -0.3 is 5.32 Å². The summed E-state index contributed by atoms with van der Waals surface area (Å²) in [6.45, 7) is 2.38. The average Bonchev–Trinajstić information content (AvgIpc) is 2.09. The minimum Gasteiger partial charge on any atom is -0.378 e. The molecule has 1 aromatic rings. The fourth-order valence-corrected chi connectivity index (χ4v) is 1.54. The summed E-state index contributed by atoms with van der Waals surface area (Å²) < 4.78 is 26.3. The highest BCUT2D eigenvalue weighted by Gasteiger charge is 2.07. The Bertz CT molecular complexity index is 327. The fourth-order valence-electron chi connectivity index (χ4n) is 0.990. The molecule has 4 heteroatoms. The predicted octanol–water partition coefficient (Wildman–Crippen LogP) is 3.72. The summed E-state index contributed by atoms with van der Waals surface area (Å²) in [6, 6.07) is 2.07. The molecule has 0 aromatic heterocycles. The number of benzene rings is 1. The molecule has 0 amide bonds. The number of nitrogens with one attached hydrogen (secondary N) is 1. The van der Waals surface area contributed by atoms with Crippen LogP contribution in [0.2, 0.25) is 0 Å². The molecule has 1 nitrogen and oxygen atoms in total. The highest BCUT2D eigenvalue weighted by atomic mass is 79.9. The first kappa shape index (κ1) is 11.2. The summed E-state index contributed by atoms with van der Waals surface area (Å²) in [5, 5.41) is 2.83. The topological polar surface area (TPSA) is 12.0 Å². The maximum absolute atomic E-state index is 13.2. The number of hydrogen-bond donors (Lipinski definition) is 1. The van der Waals surface area contributed by atoms with Gasteiger partial charge in [-0.2, -0.15) is 0 Å². The van der Waals surface area contributed by atoms with Crippen molar-refractivity contribution in [3.05, 3.63) is 40.4 Å². The van der Waals surface area contributed by atoms with Gasteiger partial charge in [0.25, 0.3) is 0 Å². The van der Waals surface area contributed by atoms with Crippen LogP contribution >= 0.6 is 15.9 Å². The molecule has 0 radical (unpaired) electrons. The van der Waals surface area contributed by atoms with E-state index in [1.54, 1.807) is 0 Å². The minimum atomic E-state index is -0.596. The standard InChI is InChI=1S/C10H10BrF2N/c1-2-3-4-14-10-8(11)5-7(12)6-9(10)13/h2-3,5-6,14H,4H2,1H3/b3-2+. The van der Waals surface area contributed by atoms with Gasteiger partial charge >= 0.3 is 0 Å². The second-order valence-electron chi connectivity index (χ2n) is 2.69. The maximum Gasteiger partial charge on any atom is 0.150 e. The lowest BCUT2D eigenvalue weighted by Crippen LogP contribution is -2.02. The molecule has 0 fully saturated rings. The normalized spacial score (nSPS) is 10.9. The maximum atomic E-state index is 13.2. The lowest BCUT2D eigenvalue weighted by atomic mass is 10.3. The molecular formula is C10H10BrF2N. The highest BCUT2D eigenvalue weighted by Crippen LogP contribution is 2.26. The summed E-state index contributed by atoms with van der Waals surface area (Å²) in [6.07, 6.45) is 3.69. The summed E-state index contributed by atoms with van der Waals surface area (Å²) in [5.41, 5.74) is 0.282. The Balaban J connectivity index is 2.85. The molecule has 0 unspecified atom stereocenters. The number of anilines is 1. The molecule has 1 N–H and O–H groups in total. The monoisotopic (exact) mass is 261 g/mol. The molecule has 0 atom stereocenters. The van der Waals surface area contributed by atoms with E-state index in [4.69, 9.17) is 0 Å². The van der Waals surface area contributed by atoms with Crippen molar-refractivity contribution in [2.24, 2.45) is 0 Å². The van der Waals surface area contributed by atoms with E-state index >= 15 is 0 Å². The third kappa shape index (κ3) is 2.80. The molecule has 0 heterocycles. The average molecular weight is 262 g/mol. The van der Waals surface area contributed by atoms with Gasteiger partial charge in [0, 0.05) is 17.1 Å². The van der Waals surface area contributed by atoms with Crippen LogP contribution in [-0.2, 0) is 0 Å². The smallest absolute Gasteiger partial charge is 0.150 e. The van der Waals surface area contributed by atoms with Crippen LogP contribution in [0.15, 0.2) is 28.8 Å². The van der Waals surface area contributed by atoms with Crippen LogP contribution in [0.1, 0.15) is 6.92 Å². The Morgan fingerprint density at radius 1 is 1.43 bits per heavy atom. The molecule has 0 aliphatic heterocycles. The van der Waals surface area contributed by atoms with E-state index in [1.165, 1.54) is 6.07 Å². The summed E-state index contributed by atoms with van der Waals surface area (Å²) >= 11 is 3.08. The lowest BCUT2D eigenvalue weighted by Gasteiger charge is -2.07. The zero-order valence-electron chi connectivity index (χ0n) is 7.65. The van der Waals surface area contributed by atoms with Crippen molar-refractivity contribution >= 4 is 21.6 Å². The van der Waals surface area contributed by atoms with E-state index in [1.807, 2.05) is 19.1 Å². The first-order valence-corrected chi connectivity index (χ1v) is 4.94. The van der Waals surface area contributed by atoms with E-state index in [9.17, 15) is 8.78 Å². The van der Waals surface area contributed by atoms with Gasteiger partial charge in [0.2, 0.25) is 0 Å². The quantitative estimate of drug-likeness (QED) is 0.818. The third-order valence-corrected chi connectivity index (χ3v) is 2.26. The summed E-state index contributed by atoms with van der Waals surface area (Å²) in [7, 11) is 0. The number of hydrogen-bond acceptors (Lipinski definition) is 1. The number of halogens is 3. The number of allylic oxidation sites excluding steroid dienone is 1. The molecule has 0 bridgehead atoms. The Kier molecular flexibility index (Phi) is 4.07. The van der Waals surface area contributed by atoms with E-state index in [-0.39, 0.29) is 5.69 Å². The van der Waals surface area contributed by atoms with Gasteiger partial charge in [-0.25, -0.2) is 8.78 Å². The molecule has 0 aliphatic carbocycles. The zero-order chi connectivity index (χ0) is 10.6. The van der Waals surface area contributed by atoms with Crippen LogP contribution in [0, 0.1) is 11.6 Å². The number of rotatable bonds is 3. The molecule has 0 saturated heterocycles. The molecule has 1 rings (SSSR count). The molecule has 14 heavy (non-hydrogen) atoms. The molecule has 1 aromatic carbocycles. The zero-order valence-corrected chi connectivity index (χ0v) is 9.24. The van der Waals surface area contributed by atoms with Crippen molar-refractivity contribution in [3.63, 3.8) is 0 Å². The summed E-state index contributed by atoms with van der Waals surface area (Å²) in [5.74, 6) is -1.19. The second-order valence-corrected chi connectivity index (χ2v) is 3.55. The van der Waals surface area contributed by atoms with Gasteiger partial charge in [-0.15, -0.1) is 0 Å². The molecule has 0 aliphatic rings. The van der Waals surface area contributed by atoms with Crippen LogP contribution in [0.25, 0.3) is 0 Å². The van der Waals surface area contributed by atoms with Crippen molar-refractivity contribution in [1.82, 2.24) is 0 Å². The van der Waals surface area contributed by atoms with Gasteiger partial charge in [-0.1, -0.05) is 12.2 Å². The molecule has 0 saturated carbocycles. The van der Waals surface area contributed by atoms with Crippen LogP contribution in [0.5, 0.6) is 0 Å².